The summed E-state index contributed by atoms with van der Waals surface area (Å²) in [6.45, 7) is 15.8. The molecule has 0 saturated heterocycles. The number of hydrogen-bond donors (Lipinski definition) is 4. The number of rotatable bonds is 4. The number of aliphatic hydroxyl groups is 4. The van der Waals surface area contributed by atoms with E-state index in [9.17, 15) is 19.8 Å². The third-order valence-electron chi connectivity index (χ3n) is 3.07. The molecular formula is C18H38O8Ti. The van der Waals surface area contributed by atoms with Crippen LogP contribution in [0.25, 0.3) is 0 Å². The van der Waals surface area contributed by atoms with Crippen LogP contribution in [0.3, 0.4) is 0 Å². The summed E-state index contributed by atoms with van der Waals surface area (Å²) in [5.41, 5.74) is -3.39. The molecule has 0 aromatic heterocycles. The van der Waals surface area contributed by atoms with E-state index in [0.29, 0.717) is 0 Å². The van der Waals surface area contributed by atoms with Crippen molar-refractivity contribution in [3.05, 3.63) is 0 Å². The van der Waals surface area contributed by atoms with E-state index < -0.39 is 23.1 Å². The maximum Gasteiger partial charge on any atom is 2.00 e. The zero-order valence-corrected chi connectivity index (χ0v) is 19.8. The Morgan fingerprint density at radius 1 is 0.667 bits per heavy atom. The van der Waals surface area contributed by atoms with Crippen LogP contribution in [0.4, 0.5) is 0 Å². The van der Waals surface area contributed by atoms with Crippen LogP contribution >= 0.6 is 0 Å². The predicted octanol–water partition coefficient (Wildman–Crippen LogP) is -0.942. The number of hydrogen-bond acceptors (Lipinski definition) is 8. The summed E-state index contributed by atoms with van der Waals surface area (Å²) in [5, 5.41) is 54.3. The molecule has 0 rings (SSSR count). The largest absolute Gasteiger partial charge is 2.00 e. The second kappa shape index (κ2) is 17.6. The zero-order chi connectivity index (χ0) is 22.5. The summed E-state index contributed by atoms with van der Waals surface area (Å²) in [4.78, 5) is 20.2. The van der Waals surface area contributed by atoms with Crippen LogP contribution in [0.5, 0.6) is 0 Å². The molecule has 0 fully saturated rings. The molecule has 8 nitrogen and oxygen atoms in total. The molecule has 0 saturated carbocycles. The first-order valence-electron chi connectivity index (χ1n) is 8.48. The molecule has 0 aliphatic heterocycles. The summed E-state index contributed by atoms with van der Waals surface area (Å²) in [6.07, 6.45) is -0.333. The van der Waals surface area contributed by atoms with Gasteiger partial charge in [0.05, 0.1) is 11.9 Å². The van der Waals surface area contributed by atoms with E-state index in [1.54, 1.807) is 55.4 Å². The Kier molecular flexibility index (Phi) is 24.3. The monoisotopic (exact) mass is 430 g/mol. The van der Waals surface area contributed by atoms with Gasteiger partial charge in [-0.15, -0.1) is 0 Å². The summed E-state index contributed by atoms with van der Waals surface area (Å²) in [5.74, 6) is -3.47. The van der Waals surface area contributed by atoms with Crippen LogP contribution in [-0.4, -0.2) is 55.8 Å². The number of aliphatic carboxylic acids is 2. The van der Waals surface area contributed by atoms with Gasteiger partial charge < -0.3 is 40.2 Å². The summed E-state index contributed by atoms with van der Waals surface area (Å²) >= 11 is 0. The molecular weight excluding hydrogens is 392 g/mol. The standard InChI is InChI=1S/2C6H12O3.2C3H8O.Ti/c2*1-4(2)6(3,9)5(7)8;2*1-3(2)4;/h2*4,9H,1-3H3,(H,7,8);2*3-4H,1-2H3;/q;;;;+2/p-2. The Hall–Kier alpha value is -0.506. The average Bonchev–Trinajstić information content (AvgIpc) is 2.37. The summed E-state index contributed by atoms with van der Waals surface area (Å²) in [7, 11) is 0. The van der Waals surface area contributed by atoms with Gasteiger partial charge in [-0.05, 0) is 53.4 Å². The molecule has 2 atom stereocenters. The van der Waals surface area contributed by atoms with Crippen molar-refractivity contribution in [3.8, 4) is 0 Å². The SMILES string of the molecule is CC(C)C(C)(O)C(=O)[O-].CC(C)C(C)(O)C(=O)[O-].CC(C)O.CC(C)O.[Ti+2]. The van der Waals surface area contributed by atoms with Gasteiger partial charge in [0, 0.05) is 12.2 Å². The van der Waals surface area contributed by atoms with Gasteiger partial charge in [-0.2, -0.15) is 0 Å². The maximum atomic E-state index is 10.1. The van der Waals surface area contributed by atoms with Crippen molar-refractivity contribution in [2.45, 2.75) is 92.6 Å². The van der Waals surface area contributed by atoms with Gasteiger partial charge in [-0.1, -0.05) is 27.7 Å². The first kappa shape index (κ1) is 37.3. The van der Waals surface area contributed by atoms with Crippen LogP contribution in [-0.2, 0) is 31.3 Å². The molecule has 0 heterocycles. The Balaban J connectivity index is -0.0000000843. The van der Waals surface area contributed by atoms with Crippen molar-refractivity contribution in [3.63, 3.8) is 0 Å². The van der Waals surface area contributed by atoms with Crippen molar-refractivity contribution in [2.24, 2.45) is 11.8 Å². The normalized spacial score (nSPS) is 14.3. The molecule has 162 valence electrons. The number of carboxylic acids is 2. The molecule has 0 amide bonds. The molecule has 0 spiro atoms. The second-order valence-corrected chi connectivity index (χ2v) is 7.37. The number of carboxylic acid groups (broad SMARTS) is 2. The van der Waals surface area contributed by atoms with Crippen molar-refractivity contribution in [1.29, 1.82) is 0 Å². The average molecular weight is 430 g/mol. The van der Waals surface area contributed by atoms with Crippen molar-refractivity contribution < 1.29 is 61.9 Å². The minimum atomic E-state index is -1.69. The van der Waals surface area contributed by atoms with Crippen LogP contribution in [0.15, 0.2) is 0 Å². The van der Waals surface area contributed by atoms with E-state index in [1.165, 1.54) is 13.8 Å². The fourth-order valence-corrected chi connectivity index (χ4v) is 0.471. The van der Waals surface area contributed by atoms with E-state index in [2.05, 4.69) is 0 Å². The molecule has 0 aromatic carbocycles. The molecule has 4 N–H and O–H groups in total. The first-order chi connectivity index (χ1) is 11.2. The van der Waals surface area contributed by atoms with Crippen LogP contribution in [0.1, 0.15) is 69.2 Å². The number of carbonyl (C=O) groups is 2. The Bertz CT molecular complexity index is 336. The molecule has 0 bridgehead atoms. The topological polar surface area (TPSA) is 161 Å². The van der Waals surface area contributed by atoms with Gasteiger partial charge in [0.25, 0.3) is 0 Å². The van der Waals surface area contributed by atoms with Gasteiger partial charge >= 0.3 is 21.7 Å². The van der Waals surface area contributed by atoms with E-state index in [1.807, 2.05) is 0 Å². The van der Waals surface area contributed by atoms with Gasteiger partial charge in [0.15, 0.2) is 0 Å². The van der Waals surface area contributed by atoms with E-state index in [4.69, 9.17) is 20.4 Å². The minimum absolute atomic E-state index is 0. The van der Waals surface area contributed by atoms with Crippen LogP contribution in [0.2, 0.25) is 0 Å². The van der Waals surface area contributed by atoms with E-state index in [-0.39, 0.29) is 45.8 Å². The first-order valence-corrected chi connectivity index (χ1v) is 8.48. The predicted molar refractivity (Wildman–Crippen MR) is 95.6 cm³/mol. The molecule has 0 radical (unpaired) electrons. The van der Waals surface area contributed by atoms with E-state index in [0.717, 1.165) is 0 Å². The smallest absolute Gasteiger partial charge is 0.547 e. The van der Waals surface area contributed by atoms with Gasteiger partial charge in [-0.25, -0.2) is 0 Å². The van der Waals surface area contributed by atoms with Crippen molar-refractivity contribution >= 4 is 11.9 Å². The third-order valence-corrected chi connectivity index (χ3v) is 3.07. The molecule has 0 aliphatic carbocycles. The molecule has 0 aromatic rings. The number of aliphatic hydroxyl groups excluding tert-OH is 2. The minimum Gasteiger partial charge on any atom is -0.547 e. The van der Waals surface area contributed by atoms with Gasteiger partial charge in [0.2, 0.25) is 0 Å². The Labute approximate surface area is 178 Å². The fourth-order valence-electron chi connectivity index (χ4n) is 0.471. The maximum absolute atomic E-state index is 10.1. The Morgan fingerprint density at radius 2 is 0.778 bits per heavy atom. The molecule has 2 unspecified atom stereocenters. The Morgan fingerprint density at radius 3 is 0.778 bits per heavy atom. The van der Waals surface area contributed by atoms with Gasteiger partial charge in [-0.3, -0.25) is 0 Å². The number of carbonyl (C=O) groups excluding carboxylic acids is 2. The van der Waals surface area contributed by atoms with Crippen LogP contribution in [0, 0.1) is 11.8 Å². The van der Waals surface area contributed by atoms with Gasteiger partial charge in [0.1, 0.15) is 11.2 Å². The quantitative estimate of drug-likeness (QED) is 0.416. The molecule has 9 heteroatoms. The molecule has 27 heavy (non-hydrogen) atoms. The van der Waals surface area contributed by atoms with Crippen molar-refractivity contribution in [2.75, 3.05) is 0 Å². The summed E-state index contributed by atoms with van der Waals surface area (Å²) < 4.78 is 0. The molecule has 0 aliphatic rings. The van der Waals surface area contributed by atoms with Crippen molar-refractivity contribution in [1.82, 2.24) is 0 Å². The zero-order valence-electron chi connectivity index (χ0n) is 18.2. The summed E-state index contributed by atoms with van der Waals surface area (Å²) in [6, 6.07) is 0. The second-order valence-electron chi connectivity index (χ2n) is 7.37. The van der Waals surface area contributed by atoms with E-state index >= 15 is 0 Å². The third kappa shape index (κ3) is 25.5. The fraction of sp³-hybridized carbons (Fsp3) is 0.889. The van der Waals surface area contributed by atoms with Crippen LogP contribution < -0.4 is 10.2 Å².